The number of aliphatic hydroxyl groups excluding tert-OH is 3. The van der Waals surface area contributed by atoms with Gasteiger partial charge < -0.3 is 59.1 Å². The highest BCUT2D eigenvalue weighted by molar-refractivity contribution is 5.93. The summed E-state index contributed by atoms with van der Waals surface area (Å²) in [5.74, 6) is -4.04. The van der Waals surface area contributed by atoms with Crippen molar-refractivity contribution in [1.29, 1.82) is 0 Å². The molecule has 194 valence electrons. The van der Waals surface area contributed by atoms with Crippen LogP contribution in [-0.2, 0) is 4.74 Å². The van der Waals surface area contributed by atoms with Crippen LogP contribution < -0.4 is 19.6 Å². The van der Waals surface area contributed by atoms with Gasteiger partial charge >= 0.3 is 0 Å². The molecule has 36 heavy (non-hydrogen) atoms. The quantitative estimate of drug-likeness (QED) is 0.235. The third-order valence-corrected chi connectivity index (χ3v) is 5.82. The minimum absolute atomic E-state index is 0.0695. The number of hydrogen-bond acceptors (Lipinski definition) is 13. The van der Waals surface area contributed by atoms with Crippen molar-refractivity contribution in [3.8, 4) is 51.6 Å². The summed E-state index contributed by atoms with van der Waals surface area (Å²) in [6, 6.07) is 3.06. The summed E-state index contributed by atoms with van der Waals surface area (Å²) in [5, 5.41) is 70.8. The summed E-state index contributed by atoms with van der Waals surface area (Å²) in [6.45, 7) is 1.41. The molecule has 0 aliphatic carbocycles. The van der Waals surface area contributed by atoms with Gasteiger partial charge in [0.2, 0.25) is 29.0 Å². The van der Waals surface area contributed by atoms with Crippen LogP contribution >= 0.6 is 0 Å². The summed E-state index contributed by atoms with van der Waals surface area (Å²) >= 11 is 0. The fraction of sp³-hybridized carbons (Fsp3) is 0.348. The molecule has 5 unspecified atom stereocenters. The van der Waals surface area contributed by atoms with Crippen molar-refractivity contribution < 1.29 is 59.1 Å². The van der Waals surface area contributed by atoms with Gasteiger partial charge in [0.05, 0.1) is 20.3 Å². The second-order valence-corrected chi connectivity index (χ2v) is 8.09. The molecule has 13 heteroatoms. The maximum absolute atomic E-state index is 13.6. The van der Waals surface area contributed by atoms with Crippen molar-refractivity contribution >= 4 is 11.0 Å². The van der Waals surface area contributed by atoms with E-state index in [0.717, 1.165) is 12.1 Å². The van der Waals surface area contributed by atoms with Gasteiger partial charge in [-0.25, -0.2) is 0 Å². The third-order valence-electron chi connectivity index (χ3n) is 5.82. The number of aliphatic hydroxyl groups is 3. The van der Waals surface area contributed by atoms with Crippen molar-refractivity contribution in [1.82, 2.24) is 0 Å². The SMILES string of the molecule is COc1cc(-c2oc3c(OC)c(O)cc(O)c3c(=O)c2OC2OC(C)C(O)C(O)C2O)cc(O)c1O. The first-order chi connectivity index (χ1) is 17.0. The maximum Gasteiger partial charge on any atom is 0.239 e. The first-order valence-electron chi connectivity index (χ1n) is 10.6. The Balaban J connectivity index is 2.02. The average Bonchev–Trinajstić information content (AvgIpc) is 2.83. The van der Waals surface area contributed by atoms with Gasteiger partial charge in [-0.15, -0.1) is 0 Å². The Hall–Kier alpha value is -3.91. The van der Waals surface area contributed by atoms with Crippen LogP contribution in [0.1, 0.15) is 6.92 Å². The first kappa shape index (κ1) is 25.2. The molecular formula is C23H24O13. The lowest BCUT2D eigenvalue weighted by Gasteiger charge is -2.38. The summed E-state index contributed by atoms with van der Waals surface area (Å²) < 4.78 is 27.0. The largest absolute Gasteiger partial charge is 0.507 e. The minimum Gasteiger partial charge on any atom is -0.507 e. The van der Waals surface area contributed by atoms with Crippen LogP contribution in [0.15, 0.2) is 27.4 Å². The van der Waals surface area contributed by atoms with E-state index in [9.17, 15) is 40.5 Å². The van der Waals surface area contributed by atoms with Crippen LogP contribution in [-0.4, -0.2) is 80.7 Å². The number of phenolic OH excluding ortho intramolecular Hbond substituents is 4. The molecule has 4 rings (SSSR count). The summed E-state index contributed by atoms with van der Waals surface area (Å²) in [4.78, 5) is 13.6. The fourth-order valence-electron chi connectivity index (χ4n) is 3.90. The molecule has 0 amide bonds. The fourth-order valence-corrected chi connectivity index (χ4v) is 3.90. The number of phenols is 4. The highest BCUT2D eigenvalue weighted by Gasteiger charge is 2.44. The van der Waals surface area contributed by atoms with Crippen molar-refractivity contribution in [2.45, 2.75) is 37.6 Å². The highest BCUT2D eigenvalue weighted by atomic mass is 16.7. The molecule has 1 aliphatic rings. The second-order valence-electron chi connectivity index (χ2n) is 8.09. The normalized spacial score (nSPS) is 24.0. The Morgan fingerprint density at radius 2 is 1.53 bits per heavy atom. The van der Waals surface area contributed by atoms with E-state index in [2.05, 4.69) is 0 Å². The van der Waals surface area contributed by atoms with Crippen LogP contribution in [0.5, 0.6) is 40.2 Å². The van der Waals surface area contributed by atoms with Crippen LogP contribution in [0.25, 0.3) is 22.3 Å². The predicted octanol–water partition coefficient (Wildman–Crippen LogP) is 0.506. The Labute approximate surface area is 202 Å². The zero-order valence-electron chi connectivity index (χ0n) is 19.2. The molecule has 1 fully saturated rings. The number of aromatic hydroxyl groups is 4. The molecule has 3 aromatic rings. The molecule has 2 aromatic carbocycles. The molecule has 0 bridgehead atoms. The number of hydrogen-bond donors (Lipinski definition) is 7. The Kier molecular flexibility index (Phi) is 6.49. The number of rotatable bonds is 5. The summed E-state index contributed by atoms with van der Waals surface area (Å²) in [5.41, 5.74) is -1.46. The van der Waals surface area contributed by atoms with Gasteiger partial charge in [-0.1, -0.05) is 0 Å². The molecule has 2 heterocycles. The van der Waals surface area contributed by atoms with E-state index < -0.39 is 76.0 Å². The molecule has 5 atom stereocenters. The minimum atomic E-state index is -1.80. The van der Waals surface area contributed by atoms with Crippen molar-refractivity contribution in [2.24, 2.45) is 0 Å². The third kappa shape index (κ3) is 3.97. The Bertz CT molecular complexity index is 1360. The van der Waals surface area contributed by atoms with Crippen LogP contribution in [0, 0.1) is 0 Å². The monoisotopic (exact) mass is 508 g/mol. The topological polar surface area (TPSA) is 209 Å². The predicted molar refractivity (Wildman–Crippen MR) is 121 cm³/mol. The van der Waals surface area contributed by atoms with Crippen molar-refractivity contribution in [3.63, 3.8) is 0 Å². The Morgan fingerprint density at radius 1 is 0.833 bits per heavy atom. The van der Waals surface area contributed by atoms with E-state index in [1.54, 1.807) is 0 Å². The van der Waals surface area contributed by atoms with E-state index in [1.807, 2.05) is 0 Å². The second kappa shape index (κ2) is 9.28. The molecule has 1 aromatic heterocycles. The first-order valence-corrected chi connectivity index (χ1v) is 10.6. The highest BCUT2D eigenvalue weighted by Crippen LogP contribution is 2.46. The molecule has 1 aliphatic heterocycles. The lowest BCUT2D eigenvalue weighted by molar-refractivity contribution is -0.268. The molecule has 7 N–H and O–H groups in total. The number of methoxy groups -OCH3 is 2. The van der Waals surface area contributed by atoms with Gasteiger partial charge in [0.15, 0.2) is 28.6 Å². The zero-order chi connectivity index (χ0) is 26.5. The van der Waals surface area contributed by atoms with Gasteiger partial charge in [-0.05, 0) is 19.1 Å². The van der Waals surface area contributed by atoms with Crippen LogP contribution in [0.2, 0.25) is 0 Å². The van der Waals surface area contributed by atoms with Crippen molar-refractivity contribution in [3.05, 3.63) is 28.4 Å². The Morgan fingerprint density at radius 3 is 2.17 bits per heavy atom. The molecule has 1 saturated heterocycles. The lowest BCUT2D eigenvalue weighted by Crippen LogP contribution is -2.58. The zero-order valence-corrected chi connectivity index (χ0v) is 19.2. The standard InChI is InChI=1S/C23H24O13/c1-7-14(27)17(30)18(31)23(34-7)36-22-16(29)13-9(24)6-11(26)20(33-3)21(13)35-19(22)8-4-10(25)15(28)12(5-8)32-2/h4-7,14,17-18,23-28,30-31H,1-3H3. The smallest absolute Gasteiger partial charge is 0.239 e. The van der Waals surface area contributed by atoms with Crippen LogP contribution in [0.3, 0.4) is 0 Å². The molecule has 0 radical (unpaired) electrons. The summed E-state index contributed by atoms with van der Waals surface area (Å²) in [7, 11) is 2.40. The molecular weight excluding hydrogens is 484 g/mol. The number of benzene rings is 2. The van der Waals surface area contributed by atoms with E-state index in [0.29, 0.717) is 0 Å². The lowest BCUT2D eigenvalue weighted by atomic mass is 10.00. The van der Waals surface area contributed by atoms with Gasteiger partial charge in [0.1, 0.15) is 29.4 Å². The summed E-state index contributed by atoms with van der Waals surface area (Å²) in [6.07, 6.45) is -7.61. The van der Waals surface area contributed by atoms with E-state index >= 15 is 0 Å². The number of ether oxygens (including phenoxy) is 4. The van der Waals surface area contributed by atoms with Crippen LogP contribution in [0.4, 0.5) is 0 Å². The van der Waals surface area contributed by atoms with Gasteiger partial charge in [-0.3, -0.25) is 4.79 Å². The van der Waals surface area contributed by atoms with E-state index in [-0.39, 0.29) is 22.6 Å². The van der Waals surface area contributed by atoms with Crippen molar-refractivity contribution in [2.75, 3.05) is 14.2 Å². The van der Waals surface area contributed by atoms with E-state index in [4.69, 9.17) is 23.4 Å². The van der Waals surface area contributed by atoms with Gasteiger partial charge in [-0.2, -0.15) is 0 Å². The molecule has 0 spiro atoms. The maximum atomic E-state index is 13.6. The van der Waals surface area contributed by atoms with Gasteiger partial charge in [0.25, 0.3) is 0 Å². The average molecular weight is 508 g/mol. The molecule has 13 nitrogen and oxygen atoms in total. The van der Waals surface area contributed by atoms with E-state index in [1.165, 1.54) is 27.2 Å². The molecule has 0 saturated carbocycles. The number of fused-ring (bicyclic) bond motifs is 1. The van der Waals surface area contributed by atoms with Gasteiger partial charge in [0, 0.05) is 11.6 Å².